The Hall–Kier alpha value is -0.970. The highest BCUT2D eigenvalue weighted by Crippen LogP contribution is 2.27. The van der Waals surface area contributed by atoms with Gasteiger partial charge in [-0.15, -0.1) is 24.0 Å². The molecule has 3 rings (SSSR count). The molecular weight excluding hydrogens is 509 g/mol. The third-order valence-corrected chi connectivity index (χ3v) is 5.95. The number of aromatic nitrogens is 1. The molecule has 1 aliphatic rings. The molecule has 0 aliphatic carbocycles. The van der Waals surface area contributed by atoms with E-state index in [0.29, 0.717) is 5.25 Å². The Balaban J connectivity index is 0.00000280. The Morgan fingerprint density at radius 3 is 2.71 bits per heavy atom. The van der Waals surface area contributed by atoms with Crippen molar-refractivity contribution in [3.05, 3.63) is 52.9 Å². The largest absolute Gasteiger partial charge is 0.364 e. The van der Waals surface area contributed by atoms with Gasteiger partial charge in [-0.1, -0.05) is 28.9 Å². The lowest BCUT2D eigenvalue weighted by atomic mass is 10.1. The van der Waals surface area contributed by atoms with Crippen molar-refractivity contribution in [2.24, 2.45) is 4.99 Å². The molecule has 154 valence electrons. The second-order valence-electron chi connectivity index (χ2n) is 6.46. The number of guanidine groups is 1. The average Bonchev–Trinajstić information content (AvgIpc) is 3.19. The topological polar surface area (TPSA) is 56.9 Å². The summed E-state index contributed by atoms with van der Waals surface area (Å²) in [5.74, 6) is 0.956. The lowest BCUT2D eigenvalue weighted by Crippen LogP contribution is -2.52. The van der Waals surface area contributed by atoms with Crippen LogP contribution in [0.3, 0.4) is 0 Å². The van der Waals surface area contributed by atoms with Gasteiger partial charge in [-0.2, -0.15) is 11.8 Å². The summed E-state index contributed by atoms with van der Waals surface area (Å²) >= 11 is 7.96. The van der Waals surface area contributed by atoms with Crippen LogP contribution in [0.25, 0.3) is 0 Å². The van der Waals surface area contributed by atoms with Gasteiger partial charge in [0.2, 0.25) is 0 Å². The molecule has 0 amide bonds. The highest BCUT2D eigenvalue weighted by atomic mass is 127. The highest BCUT2D eigenvalue weighted by molar-refractivity contribution is 14.0. The molecule has 0 spiro atoms. The van der Waals surface area contributed by atoms with Gasteiger partial charge in [-0.05, 0) is 24.0 Å². The van der Waals surface area contributed by atoms with E-state index in [2.05, 4.69) is 37.6 Å². The molecule has 1 saturated heterocycles. The quantitative estimate of drug-likeness (QED) is 0.346. The molecule has 1 atom stereocenters. The van der Waals surface area contributed by atoms with Crippen molar-refractivity contribution in [1.82, 2.24) is 20.3 Å². The van der Waals surface area contributed by atoms with Gasteiger partial charge in [-0.25, -0.2) is 0 Å². The predicted molar refractivity (Wildman–Crippen MR) is 128 cm³/mol. The standard InChI is InChI=1S/C19H26ClN5OS.HI/c1-21-19(22-13-18(27-2)15-4-3-5-16(20)12-15)25-9-7-24(8-10-25)14-17-6-11-26-23-17;/h3-6,11-12,18H,7-10,13-14H2,1-2H3,(H,21,22);1H. The number of piperazine rings is 1. The SMILES string of the molecule is CN=C(NCC(SC)c1cccc(Cl)c1)N1CCN(Cc2ccon2)CC1.I. The van der Waals surface area contributed by atoms with Crippen LogP contribution in [0.1, 0.15) is 16.5 Å². The number of hydrogen-bond acceptors (Lipinski definition) is 5. The van der Waals surface area contributed by atoms with Gasteiger partial charge < -0.3 is 14.7 Å². The van der Waals surface area contributed by atoms with Crippen LogP contribution >= 0.6 is 47.3 Å². The smallest absolute Gasteiger partial charge is 0.193 e. The van der Waals surface area contributed by atoms with Crippen LogP contribution in [-0.4, -0.2) is 66.9 Å². The second-order valence-corrected chi connectivity index (χ2v) is 7.94. The van der Waals surface area contributed by atoms with Crippen molar-refractivity contribution >= 4 is 53.3 Å². The molecule has 28 heavy (non-hydrogen) atoms. The van der Waals surface area contributed by atoms with Crippen molar-refractivity contribution in [2.45, 2.75) is 11.8 Å². The molecule has 6 nitrogen and oxygen atoms in total. The monoisotopic (exact) mass is 535 g/mol. The predicted octanol–water partition coefficient (Wildman–Crippen LogP) is 3.74. The number of benzene rings is 1. The summed E-state index contributed by atoms with van der Waals surface area (Å²) in [4.78, 5) is 9.18. The lowest BCUT2D eigenvalue weighted by molar-refractivity contribution is 0.169. The number of halogens is 2. The van der Waals surface area contributed by atoms with Crippen molar-refractivity contribution < 1.29 is 4.52 Å². The van der Waals surface area contributed by atoms with Crippen LogP contribution in [0, 0.1) is 0 Å². The minimum absolute atomic E-state index is 0. The highest BCUT2D eigenvalue weighted by Gasteiger charge is 2.21. The Bertz CT molecular complexity index is 738. The molecule has 0 saturated carbocycles. The fourth-order valence-electron chi connectivity index (χ4n) is 3.23. The molecule has 1 aromatic heterocycles. The zero-order chi connectivity index (χ0) is 19.1. The number of aliphatic imine (C=N–C) groups is 1. The first kappa shape index (κ1) is 23.3. The third-order valence-electron chi connectivity index (χ3n) is 4.71. The Morgan fingerprint density at radius 1 is 1.32 bits per heavy atom. The van der Waals surface area contributed by atoms with E-state index in [0.717, 1.165) is 55.9 Å². The van der Waals surface area contributed by atoms with Crippen molar-refractivity contribution in [3.8, 4) is 0 Å². The fraction of sp³-hybridized carbons (Fsp3) is 0.474. The van der Waals surface area contributed by atoms with Crippen LogP contribution in [-0.2, 0) is 6.54 Å². The van der Waals surface area contributed by atoms with E-state index in [1.54, 1.807) is 6.26 Å². The van der Waals surface area contributed by atoms with Gasteiger partial charge in [0.1, 0.15) is 6.26 Å². The van der Waals surface area contributed by atoms with Crippen LogP contribution in [0.5, 0.6) is 0 Å². The maximum atomic E-state index is 6.15. The number of hydrogen-bond donors (Lipinski definition) is 1. The average molecular weight is 536 g/mol. The van der Waals surface area contributed by atoms with E-state index < -0.39 is 0 Å². The molecule has 2 aromatic rings. The summed E-state index contributed by atoms with van der Waals surface area (Å²) in [5, 5.41) is 8.64. The summed E-state index contributed by atoms with van der Waals surface area (Å²) in [6, 6.07) is 10.00. The molecule has 1 N–H and O–H groups in total. The minimum Gasteiger partial charge on any atom is -0.364 e. The number of thioether (sulfide) groups is 1. The summed E-state index contributed by atoms with van der Waals surface area (Å²) in [6.07, 6.45) is 3.75. The first-order valence-corrected chi connectivity index (χ1v) is 10.7. The normalized spacial score (nSPS) is 16.5. The lowest BCUT2D eigenvalue weighted by Gasteiger charge is -2.36. The number of nitrogens with zero attached hydrogens (tertiary/aromatic N) is 4. The number of rotatable bonds is 6. The van der Waals surface area contributed by atoms with Crippen LogP contribution in [0.15, 0.2) is 46.1 Å². The van der Waals surface area contributed by atoms with Gasteiger partial charge in [0.25, 0.3) is 0 Å². The third kappa shape index (κ3) is 6.53. The molecule has 1 aliphatic heterocycles. The first-order valence-electron chi connectivity index (χ1n) is 9.05. The molecular formula is C19H27ClIN5OS. The summed E-state index contributed by atoms with van der Waals surface area (Å²) in [6.45, 7) is 5.49. The molecule has 1 aromatic carbocycles. The van der Waals surface area contributed by atoms with Crippen LogP contribution < -0.4 is 5.32 Å². The molecule has 0 bridgehead atoms. The van der Waals surface area contributed by atoms with Crippen molar-refractivity contribution in [1.29, 1.82) is 0 Å². The van der Waals surface area contributed by atoms with E-state index in [1.807, 2.05) is 43.1 Å². The zero-order valence-corrected chi connectivity index (χ0v) is 20.1. The minimum atomic E-state index is 0. The maximum Gasteiger partial charge on any atom is 0.193 e. The first-order chi connectivity index (χ1) is 13.2. The molecule has 2 heterocycles. The molecule has 1 fully saturated rings. The van der Waals surface area contributed by atoms with E-state index in [9.17, 15) is 0 Å². The molecule has 9 heteroatoms. The van der Waals surface area contributed by atoms with Crippen LogP contribution in [0.4, 0.5) is 0 Å². The van der Waals surface area contributed by atoms with Gasteiger partial charge >= 0.3 is 0 Å². The van der Waals surface area contributed by atoms with Gasteiger partial charge in [0.05, 0.1) is 5.69 Å². The Labute approximate surface area is 193 Å². The van der Waals surface area contributed by atoms with E-state index in [1.165, 1.54) is 5.56 Å². The Kier molecular flexibility index (Phi) is 9.90. The summed E-state index contributed by atoms with van der Waals surface area (Å²) in [5.41, 5.74) is 2.21. The van der Waals surface area contributed by atoms with E-state index in [-0.39, 0.29) is 24.0 Å². The fourth-order valence-corrected chi connectivity index (χ4v) is 4.09. The Morgan fingerprint density at radius 2 is 2.11 bits per heavy atom. The summed E-state index contributed by atoms with van der Waals surface area (Å²) < 4.78 is 4.92. The van der Waals surface area contributed by atoms with Gasteiger partial charge in [-0.3, -0.25) is 9.89 Å². The second kappa shape index (κ2) is 11.9. The maximum absolute atomic E-state index is 6.15. The van der Waals surface area contributed by atoms with Crippen molar-refractivity contribution in [2.75, 3.05) is 46.0 Å². The number of nitrogens with one attached hydrogen (secondary N) is 1. The molecule has 0 radical (unpaired) electrons. The van der Waals surface area contributed by atoms with Crippen molar-refractivity contribution in [3.63, 3.8) is 0 Å². The zero-order valence-electron chi connectivity index (χ0n) is 16.2. The van der Waals surface area contributed by atoms with E-state index >= 15 is 0 Å². The van der Waals surface area contributed by atoms with Crippen LogP contribution in [0.2, 0.25) is 5.02 Å². The van der Waals surface area contributed by atoms with Gasteiger partial charge in [0, 0.05) is 62.7 Å². The summed E-state index contributed by atoms with van der Waals surface area (Å²) in [7, 11) is 1.84. The van der Waals surface area contributed by atoms with E-state index in [4.69, 9.17) is 16.1 Å². The molecule has 1 unspecified atom stereocenters. The van der Waals surface area contributed by atoms with Gasteiger partial charge in [0.15, 0.2) is 5.96 Å².